The zero-order valence-electron chi connectivity index (χ0n) is 8.26. The van der Waals surface area contributed by atoms with Crippen LogP contribution in [0.4, 0.5) is 4.39 Å². The number of rotatable bonds is 3. The van der Waals surface area contributed by atoms with E-state index < -0.39 is 0 Å². The predicted molar refractivity (Wildman–Crippen MR) is 54.4 cm³/mol. The monoisotopic (exact) mass is 194 g/mol. The molecule has 0 bridgehead atoms. The maximum atomic E-state index is 12.7. The molecule has 1 fully saturated rings. The van der Waals surface area contributed by atoms with Crippen molar-refractivity contribution in [2.24, 2.45) is 0 Å². The first-order chi connectivity index (χ1) is 6.75. The molecule has 1 aromatic carbocycles. The van der Waals surface area contributed by atoms with Crippen LogP contribution in [0.2, 0.25) is 0 Å². The highest BCUT2D eigenvalue weighted by molar-refractivity contribution is 5.19. The Balaban J connectivity index is 1.95. The summed E-state index contributed by atoms with van der Waals surface area (Å²) in [5.41, 5.74) is 1.13. The summed E-state index contributed by atoms with van der Waals surface area (Å²) >= 11 is 0. The topological polar surface area (TPSA) is 24.1 Å². The van der Waals surface area contributed by atoms with Crippen LogP contribution in [0.15, 0.2) is 24.3 Å². The quantitative estimate of drug-likeness (QED) is 0.766. The minimum absolute atomic E-state index is 0.178. The predicted octanol–water partition coefficient (Wildman–Crippen LogP) is 1.80. The first-order valence-corrected chi connectivity index (χ1v) is 5.00. The molecule has 1 aliphatic heterocycles. The van der Waals surface area contributed by atoms with E-state index in [1.54, 1.807) is 0 Å². The summed E-state index contributed by atoms with van der Waals surface area (Å²) in [7, 11) is 0. The van der Waals surface area contributed by atoms with E-state index in [1.165, 1.54) is 18.6 Å². The van der Waals surface area contributed by atoms with Gasteiger partial charge in [0, 0.05) is 6.04 Å². The zero-order valence-corrected chi connectivity index (χ0v) is 8.26. The van der Waals surface area contributed by atoms with Gasteiger partial charge in [-0.2, -0.15) is 0 Å². The van der Waals surface area contributed by atoms with Crippen LogP contribution in [-0.4, -0.2) is 12.7 Å². The van der Waals surface area contributed by atoms with Crippen molar-refractivity contribution in [1.29, 1.82) is 0 Å². The van der Waals surface area contributed by atoms with Gasteiger partial charge in [-0.15, -0.1) is 0 Å². The molecule has 1 heterocycles. The average Bonchev–Trinajstić information content (AvgIpc) is 2.12. The highest BCUT2D eigenvalue weighted by atomic mass is 19.1. The van der Waals surface area contributed by atoms with Crippen molar-refractivity contribution < 1.29 is 4.39 Å². The van der Waals surface area contributed by atoms with Crippen LogP contribution in [0.3, 0.4) is 0 Å². The van der Waals surface area contributed by atoms with E-state index in [4.69, 9.17) is 0 Å². The number of halogens is 1. The maximum absolute atomic E-state index is 12.7. The minimum atomic E-state index is -0.178. The van der Waals surface area contributed by atoms with Gasteiger partial charge < -0.3 is 5.32 Å². The van der Waals surface area contributed by atoms with Crippen LogP contribution >= 0.6 is 0 Å². The molecule has 2 N–H and O–H groups in total. The van der Waals surface area contributed by atoms with E-state index in [0.717, 1.165) is 12.1 Å². The van der Waals surface area contributed by atoms with Gasteiger partial charge in [-0.25, -0.2) is 4.39 Å². The van der Waals surface area contributed by atoms with Crippen molar-refractivity contribution in [1.82, 2.24) is 10.6 Å². The summed E-state index contributed by atoms with van der Waals surface area (Å²) in [6.07, 6.45) is 1.60. The second-order valence-corrected chi connectivity index (χ2v) is 3.74. The van der Waals surface area contributed by atoms with Crippen LogP contribution in [0.1, 0.15) is 24.9 Å². The SMILES string of the molecule is C[C@H](NC1CCN1)c1ccc(F)cc1. The zero-order chi connectivity index (χ0) is 9.97. The minimum Gasteiger partial charge on any atom is -0.302 e. The Labute approximate surface area is 83.5 Å². The van der Waals surface area contributed by atoms with Crippen LogP contribution in [0.25, 0.3) is 0 Å². The fourth-order valence-corrected chi connectivity index (χ4v) is 1.58. The van der Waals surface area contributed by atoms with Gasteiger partial charge >= 0.3 is 0 Å². The number of hydrogen-bond acceptors (Lipinski definition) is 2. The van der Waals surface area contributed by atoms with Gasteiger partial charge in [-0.1, -0.05) is 12.1 Å². The van der Waals surface area contributed by atoms with Gasteiger partial charge in [0.1, 0.15) is 5.82 Å². The highest BCUT2D eigenvalue weighted by Crippen LogP contribution is 2.14. The third-order valence-electron chi connectivity index (χ3n) is 2.64. The van der Waals surface area contributed by atoms with Gasteiger partial charge in [0.15, 0.2) is 0 Å². The van der Waals surface area contributed by atoms with Crippen molar-refractivity contribution in [3.8, 4) is 0 Å². The highest BCUT2D eigenvalue weighted by Gasteiger charge is 2.18. The Morgan fingerprint density at radius 2 is 2.07 bits per heavy atom. The van der Waals surface area contributed by atoms with Crippen LogP contribution in [0, 0.1) is 5.82 Å². The molecular formula is C11H15FN2. The third-order valence-corrected chi connectivity index (χ3v) is 2.64. The molecule has 1 saturated heterocycles. The number of benzene rings is 1. The molecule has 0 spiro atoms. The van der Waals surface area contributed by atoms with Crippen LogP contribution in [0.5, 0.6) is 0 Å². The van der Waals surface area contributed by atoms with Gasteiger partial charge in [-0.3, -0.25) is 5.32 Å². The maximum Gasteiger partial charge on any atom is 0.123 e. The molecule has 2 rings (SSSR count). The van der Waals surface area contributed by atoms with E-state index in [-0.39, 0.29) is 11.9 Å². The summed E-state index contributed by atoms with van der Waals surface area (Å²) in [4.78, 5) is 0. The molecule has 1 unspecified atom stereocenters. The van der Waals surface area contributed by atoms with Crippen molar-refractivity contribution in [3.05, 3.63) is 35.6 Å². The fraction of sp³-hybridized carbons (Fsp3) is 0.455. The van der Waals surface area contributed by atoms with Gasteiger partial charge in [-0.05, 0) is 37.6 Å². The molecule has 0 aromatic heterocycles. The van der Waals surface area contributed by atoms with Gasteiger partial charge in [0.05, 0.1) is 6.17 Å². The molecule has 2 nitrogen and oxygen atoms in total. The lowest BCUT2D eigenvalue weighted by Crippen LogP contribution is -2.53. The Morgan fingerprint density at radius 3 is 2.57 bits per heavy atom. The van der Waals surface area contributed by atoms with E-state index >= 15 is 0 Å². The van der Waals surface area contributed by atoms with Crippen molar-refractivity contribution in [2.75, 3.05) is 6.54 Å². The Morgan fingerprint density at radius 1 is 1.43 bits per heavy atom. The summed E-state index contributed by atoms with van der Waals surface area (Å²) in [5, 5.41) is 6.69. The molecule has 1 aliphatic rings. The molecule has 14 heavy (non-hydrogen) atoms. The largest absolute Gasteiger partial charge is 0.302 e. The first-order valence-electron chi connectivity index (χ1n) is 5.00. The average molecular weight is 194 g/mol. The summed E-state index contributed by atoms with van der Waals surface area (Å²) in [6, 6.07) is 6.93. The lowest BCUT2D eigenvalue weighted by Gasteiger charge is -2.31. The molecule has 0 amide bonds. The smallest absolute Gasteiger partial charge is 0.123 e. The van der Waals surface area contributed by atoms with Crippen LogP contribution in [-0.2, 0) is 0 Å². The van der Waals surface area contributed by atoms with Gasteiger partial charge in [0.2, 0.25) is 0 Å². The van der Waals surface area contributed by atoms with Crippen molar-refractivity contribution >= 4 is 0 Å². The lowest BCUT2D eigenvalue weighted by atomic mass is 10.1. The van der Waals surface area contributed by atoms with Crippen molar-refractivity contribution in [3.63, 3.8) is 0 Å². The molecule has 3 heteroatoms. The Hall–Kier alpha value is -0.930. The molecule has 2 atom stereocenters. The van der Waals surface area contributed by atoms with Gasteiger partial charge in [0.25, 0.3) is 0 Å². The number of nitrogens with one attached hydrogen (secondary N) is 2. The number of hydrogen-bond donors (Lipinski definition) is 2. The summed E-state index contributed by atoms with van der Waals surface area (Å²) in [5.74, 6) is -0.178. The Kier molecular flexibility index (Phi) is 2.79. The molecule has 1 aromatic rings. The second kappa shape index (κ2) is 4.07. The first kappa shape index (κ1) is 9.62. The molecule has 0 radical (unpaired) electrons. The van der Waals surface area contributed by atoms with E-state index in [9.17, 15) is 4.39 Å². The van der Waals surface area contributed by atoms with E-state index in [1.807, 2.05) is 12.1 Å². The second-order valence-electron chi connectivity index (χ2n) is 3.74. The van der Waals surface area contributed by atoms with E-state index in [0.29, 0.717) is 6.17 Å². The molecular weight excluding hydrogens is 179 g/mol. The standard InChI is InChI=1S/C11H15FN2/c1-8(14-11-6-7-13-11)9-2-4-10(12)5-3-9/h2-5,8,11,13-14H,6-7H2,1H3/t8-,11?/m0/s1. The Bertz CT molecular complexity index is 293. The summed E-state index contributed by atoms with van der Waals surface area (Å²) in [6.45, 7) is 3.18. The van der Waals surface area contributed by atoms with E-state index in [2.05, 4.69) is 17.6 Å². The lowest BCUT2D eigenvalue weighted by molar-refractivity contribution is 0.285. The summed E-state index contributed by atoms with van der Waals surface area (Å²) < 4.78 is 12.7. The van der Waals surface area contributed by atoms with Crippen molar-refractivity contribution in [2.45, 2.75) is 25.6 Å². The molecule has 76 valence electrons. The third kappa shape index (κ3) is 2.11. The molecule has 0 saturated carbocycles. The van der Waals surface area contributed by atoms with Crippen LogP contribution < -0.4 is 10.6 Å². The fourth-order valence-electron chi connectivity index (χ4n) is 1.58. The normalized spacial score (nSPS) is 22.9. The molecule has 0 aliphatic carbocycles.